The lowest BCUT2D eigenvalue weighted by molar-refractivity contribution is 0.0501. The number of para-hydroxylation sites is 1. The second kappa shape index (κ2) is 7.68. The van der Waals surface area contributed by atoms with Crippen molar-refractivity contribution < 1.29 is 14.3 Å². The minimum Gasteiger partial charge on any atom is -0.444 e. The molecule has 1 amide bonds. The number of fused-ring (bicyclic) bond motifs is 1. The maximum atomic E-state index is 11.5. The van der Waals surface area contributed by atoms with Crippen molar-refractivity contribution in [2.45, 2.75) is 45.8 Å². The van der Waals surface area contributed by atoms with Gasteiger partial charge in [-0.25, -0.2) is 4.79 Å². The van der Waals surface area contributed by atoms with Crippen LogP contribution in [0.5, 0.6) is 0 Å². The molecule has 0 unspecified atom stereocenters. The van der Waals surface area contributed by atoms with Gasteiger partial charge in [0.05, 0.1) is 13.2 Å². The number of anilines is 1. The van der Waals surface area contributed by atoms with Crippen LogP contribution in [-0.4, -0.2) is 44.0 Å². The third-order valence-corrected chi connectivity index (χ3v) is 3.74. The number of nitrogens with zero attached hydrogens (tertiary/aromatic N) is 1. The van der Waals surface area contributed by atoms with Gasteiger partial charge in [0.15, 0.2) is 0 Å². The summed E-state index contributed by atoms with van der Waals surface area (Å²) in [6.07, 6.45) is 0.694. The van der Waals surface area contributed by atoms with E-state index in [1.54, 1.807) is 0 Å². The fraction of sp³-hybridized carbons (Fsp3) is 0.611. The van der Waals surface area contributed by atoms with Gasteiger partial charge in [-0.1, -0.05) is 18.2 Å². The van der Waals surface area contributed by atoms with Crippen molar-refractivity contribution in [1.82, 2.24) is 5.32 Å². The average molecular weight is 320 g/mol. The lowest BCUT2D eigenvalue weighted by atomic mass is 10.1. The van der Waals surface area contributed by atoms with Crippen molar-refractivity contribution in [3.8, 4) is 0 Å². The predicted molar refractivity (Wildman–Crippen MR) is 92.0 cm³/mol. The van der Waals surface area contributed by atoms with Crippen LogP contribution in [0.15, 0.2) is 24.3 Å². The average Bonchev–Trinajstić information content (AvgIpc) is 2.76. The van der Waals surface area contributed by atoms with Crippen LogP contribution in [0.3, 0.4) is 0 Å². The van der Waals surface area contributed by atoms with Crippen LogP contribution in [0, 0.1) is 0 Å². The number of ether oxygens (including phenoxy) is 2. The molecule has 1 atom stereocenters. The van der Waals surface area contributed by atoms with Gasteiger partial charge in [-0.3, -0.25) is 0 Å². The molecule has 0 saturated heterocycles. The molecule has 2 rings (SSSR count). The smallest absolute Gasteiger partial charge is 0.407 e. The van der Waals surface area contributed by atoms with Crippen molar-refractivity contribution in [3.05, 3.63) is 29.8 Å². The van der Waals surface area contributed by atoms with Crippen LogP contribution in [-0.2, 0) is 15.9 Å². The number of nitrogens with one attached hydrogen (secondary N) is 1. The van der Waals surface area contributed by atoms with E-state index in [1.807, 2.05) is 20.8 Å². The molecule has 1 N–H and O–H groups in total. The summed E-state index contributed by atoms with van der Waals surface area (Å²) in [6, 6.07) is 9.04. The summed E-state index contributed by atoms with van der Waals surface area (Å²) < 4.78 is 10.8. The van der Waals surface area contributed by atoms with Crippen LogP contribution in [0.4, 0.5) is 10.5 Å². The highest BCUT2D eigenvalue weighted by Crippen LogP contribution is 2.31. The van der Waals surface area contributed by atoms with Crippen molar-refractivity contribution in [2.24, 2.45) is 0 Å². The summed E-state index contributed by atoms with van der Waals surface area (Å²) in [5.41, 5.74) is 2.26. The number of amides is 1. The van der Waals surface area contributed by atoms with Crippen LogP contribution < -0.4 is 10.2 Å². The second-order valence-corrected chi connectivity index (χ2v) is 6.92. The van der Waals surface area contributed by atoms with Crippen molar-refractivity contribution in [2.75, 3.05) is 31.2 Å². The lowest BCUT2D eigenvalue weighted by Gasteiger charge is -2.24. The zero-order chi connectivity index (χ0) is 16.9. The molecule has 0 aliphatic carbocycles. The zero-order valence-corrected chi connectivity index (χ0v) is 14.6. The molecule has 1 aliphatic heterocycles. The van der Waals surface area contributed by atoms with E-state index in [0.29, 0.717) is 25.8 Å². The van der Waals surface area contributed by atoms with Crippen LogP contribution in [0.25, 0.3) is 0 Å². The topological polar surface area (TPSA) is 50.8 Å². The summed E-state index contributed by atoms with van der Waals surface area (Å²) in [7, 11) is 0. The quantitative estimate of drug-likeness (QED) is 0.819. The van der Waals surface area contributed by atoms with E-state index >= 15 is 0 Å². The fourth-order valence-electron chi connectivity index (χ4n) is 2.77. The van der Waals surface area contributed by atoms with Gasteiger partial charge in [-0.2, -0.15) is 0 Å². The van der Waals surface area contributed by atoms with Gasteiger partial charge in [0.1, 0.15) is 5.60 Å². The summed E-state index contributed by atoms with van der Waals surface area (Å²) in [4.78, 5) is 13.9. The Balaban J connectivity index is 1.62. The highest BCUT2D eigenvalue weighted by Gasteiger charge is 2.24. The first-order chi connectivity index (χ1) is 10.9. The third-order valence-electron chi connectivity index (χ3n) is 3.74. The fourth-order valence-corrected chi connectivity index (χ4v) is 2.77. The van der Waals surface area contributed by atoms with Gasteiger partial charge in [-0.05, 0) is 45.7 Å². The largest absolute Gasteiger partial charge is 0.444 e. The molecule has 0 saturated carbocycles. The van der Waals surface area contributed by atoms with Gasteiger partial charge >= 0.3 is 6.09 Å². The van der Waals surface area contributed by atoms with E-state index in [0.717, 1.165) is 13.0 Å². The maximum absolute atomic E-state index is 11.5. The van der Waals surface area contributed by atoms with E-state index in [1.165, 1.54) is 11.3 Å². The monoisotopic (exact) mass is 320 g/mol. The summed E-state index contributed by atoms with van der Waals surface area (Å²) in [5, 5.41) is 2.69. The Labute approximate surface area is 139 Å². The van der Waals surface area contributed by atoms with E-state index in [9.17, 15) is 4.79 Å². The number of carbonyl (C=O) groups excluding carboxylic acids is 1. The second-order valence-electron chi connectivity index (χ2n) is 6.92. The standard InChI is InChI=1S/C18H28N2O3/c1-14-13-15-7-5-6-8-16(15)20(14)10-12-22-11-9-19-17(21)23-18(2,3)4/h5-8,14H,9-13H2,1-4H3,(H,19,21)/t14-/m1/s1. The number of rotatable bonds is 6. The summed E-state index contributed by atoms with van der Waals surface area (Å²) >= 11 is 0. The van der Waals surface area contributed by atoms with Crippen LogP contribution >= 0.6 is 0 Å². The zero-order valence-electron chi connectivity index (χ0n) is 14.6. The minimum atomic E-state index is -0.468. The first-order valence-corrected chi connectivity index (χ1v) is 8.26. The highest BCUT2D eigenvalue weighted by atomic mass is 16.6. The molecule has 128 valence electrons. The molecular weight excluding hydrogens is 292 g/mol. The first-order valence-electron chi connectivity index (χ1n) is 8.26. The molecule has 0 aromatic heterocycles. The number of hydrogen-bond acceptors (Lipinski definition) is 4. The van der Waals surface area contributed by atoms with Gasteiger partial charge in [-0.15, -0.1) is 0 Å². The molecule has 0 spiro atoms. The maximum Gasteiger partial charge on any atom is 0.407 e. The Kier molecular flexibility index (Phi) is 5.88. The Hall–Kier alpha value is -1.75. The summed E-state index contributed by atoms with van der Waals surface area (Å²) in [6.45, 7) is 10.2. The molecule has 1 aromatic carbocycles. The van der Waals surface area contributed by atoms with Gasteiger partial charge in [0.2, 0.25) is 0 Å². The van der Waals surface area contributed by atoms with Crippen molar-refractivity contribution in [1.29, 1.82) is 0 Å². The van der Waals surface area contributed by atoms with Gasteiger partial charge in [0.25, 0.3) is 0 Å². The Morgan fingerprint density at radius 2 is 2.04 bits per heavy atom. The minimum absolute atomic E-state index is 0.400. The Morgan fingerprint density at radius 3 is 2.78 bits per heavy atom. The van der Waals surface area contributed by atoms with E-state index < -0.39 is 11.7 Å². The predicted octanol–water partition coefficient (Wildman–Crippen LogP) is 2.98. The highest BCUT2D eigenvalue weighted by molar-refractivity contribution is 5.67. The van der Waals surface area contributed by atoms with Crippen molar-refractivity contribution in [3.63, 3.8) is 0 Å². The Morgan fingerprint density at radius 1 is 1.30 bits per heavy atom. The number of hydrogen-bond donors (Lipinski definition) is 1. The normalized spacial score (nSPS) is 17.0. The molecule has 0 bridgehead atoms. The van der Waals surface area contributed by atoms with E-state index in [4.69, 9.17) is 9.47 Å². The molecule has 5 heteroatoms. The molecule has 1 heterocycles. The van der Waals surface area contributed by atoms with Gasteiger partial charge < -0.3 is 19.7 Å². The molecule has 1 aromatic rings. The molecule has 23 heavy (non-hydrogen) atoms. The molecule has 0 fully saturated rings. The molecule has 1 aliphatic rings. The molecule has 5 nitrogen and oxygen atoms in total. The number of benzene rings is 1. The van der Waals surface area contributed by atoms with Crippen molar-refractivity contribution >= 4 is 11.8 Å². The molecule has 0 radical (unpaired) electrons. The lowest BCUT2D eigenvalue weighted by Crippen LogP contribution is -2.35. The number of alkyl carbamates (subject to hydrolysis) is 1. The third kappa shape index (κ3) is 5.43. The van der Waals surface area contributed by atoms with E-state index in [2.05, 4.69) is 41.4 Å². The summed E-state index contributed by atoms with van der Waals surface area (Å²) in [5.74, 6) is 0. The van der Waals surface area contributed by atoms with E-state index in [-0.39, 0.29) is 0 Å². The Bertz CT molecular complexity index is 525. The van der Waals surface area contributed by atoms with Gasteiger partial charge in [0, 0.05) is 24.8 Å². The van der Waals surface area contributed by atoms with Crippen LogP contribution in [0.1, 0.15) is 33.3 Å². The SMILES string of the molecule is C[C@@H]1Cc2ccccc2N1CCOCCNC(=O)OC(C)(C)C. The molecular formula is C18H28N2O3. The number of carbonyl (C=O) groups is 1. The van der Waals surface area contributed by atoms with Crippen LogP contribution in [0.2, 0.25) is 0 Å². The first kappa shape index (κ1) is 17.6.